The minimum Gasteiger partial charge on any atom is -0.497 e. The number of aryl methyl sites for hydroxylation is 1. The number of methoxy groups -OCH3 is 1. The van der Waals surface area contributed by atoms with Crippen molar-refractivity contribution in [1.29, 1.82) is 0 Å². The minimum atomic E-state index is -0.150. The Morgan fingerprint density at radius 2 is 2.03 bits per heavy atom. The third-order valence-corrected chi connectivity index (χ3v) is 6.00. The third-order valence-electron chi connectivity index (χ3n) is 4.85. The van der Waals surface area contributed by atoms with Crippen molar-refractivity contribution in [2.45, 2.75) is 6.92 Å². The van der Waals surface area contributed by atoms with Gasteiger partial charge in [0, 0.05) is 28.5 Å². The van der Waals surface area contributed by atoms with Crippen molar-refractivity contribution in [3.8, 4) is 17.0 Å². The van der Waals surface area contributed by atoms with Gasteiger partial charge in [0.25, 0.3) is 5.91 Å². The van der Waals surface area contributed by atoms with Gasteiger partial charge in [0.05, 0.1) is 24.5 Å². The lowest BCUT2D eigenvalue weighted by molar-refractivity contribution is 0.102. The first-order chi connectivity index (χ1) is 14.1. The summed E-state index contributed by atoms with van der Waals surface area (Å²) in [6.07, 6.45) is 3.70. The topological polar surface area (TPSA) is 84.3 Å². The summed E-state index contributed by atoms with van der Waals surface area (Å²) in [5.41, 5.74) is 4.32. The van der Waals surface area contributed by atoms with Crippen LogP contribution in [0.3, 0.4) is 0 Å². The number of thiazole rings is 1. The SMILES string of the molecule is COc1ccc(-c2cn3c(C)c(C(=O)Nc4ccc5cn[nH]c5c4)sc3n2)cc1. The maximum absolute atomic E-state index is 12.8. The standard InChI is InChI=1S/C21H17N5O2S/c1-12-19(20(27)23-15-6-3-14-10-22-25-17(14)9-15)29-21-24-18(11-26(12)21)13-4-7-16(28-2)8-5-13/h3-11H,1-2H3,(H,22,25)(H,23,27). The zero-order chi connectivity index (χ0) is 20.0. The van der Waals surface area contributed by atoms with Crippen LogP contribution in [0.5, 0.6) is 5.75 Å². The number of carbonyl (C=O) groups is 1. The zero-order valence-corrected chi connectivity index (χ0v) is 16.6. The van der Waals surface area contributed by atoms with E-state index in [0.29, 0.717) is 4.88 Å². The van der Waals surface area contributed by atoms with Gasteiger partial charge in [-0.25, -0.2) is 4.98 Å². The van der Waals surface area contributed by atoms with Crippen LogP contribution in [0, 0.1) is 6.92 Å². The smallest absolute Gasteiger partial charge is 0.267 e. The predicted molar refractivity (Wildman–Crippen MR) is 114 cm³/mol. The summed E-state index contributed by atoms with van der Waals surface area (Å²) in [5, 5.41) is 10.9. The van der Waals surface area contributed by atoms with E-state index < -0.39 is 0 Å². The van der Waals surface area contributed by atoms with E-state index in [1.165, 1.54) is 11.3 Å². The van der Waals surface area contributed by atoms with Gasteiger partial charge in [-0.3, -0.25) is 14.3 Å². The van der Waals surface area contributed by atoms with E-state index in [-0.39, 0.29) is 5.91 Å². The van der Waals surface area contributed by atoms with Crippen molar-refractivity contribution in [2.75, 3.05) is 12.4 Å². The number of rotatable bonds is 4. The molecule has 29 heavy (non-hydrogen) atoms. The molecule has 2 aromatic carbocycles. The van der Waals surface area contributed by atoms with Gasteiger partial charge in [0.2, 0.25) is 0 Å². The third kappa shape index (κ3) is 3.03. The number of H-pyrrole nitrogens is 1. The number of hydrogen-bond donors (Lipinski definition) is 2. The van der Waals surface area contributed by atoms with Crippen molar-refractivity contribution < 1.29 is 9.53 Å². The molecule has 0 fully saturated rings. The number of aromatic amines is 1. The van der Waals surface area contributed by atoms with E-state index >= 15 is 0 Å². The van der Waals surface area contributed by atoms with Gasteiger partial charge in [-0.15, -0.1) is 0 Å². The molecule has 0 unspecified atom stereocenters. The first-order valence-electron chi connectivity index (χ1n) is 9.00. The van der Waals surface area contributed by atoms with Crippen molar-refractivity contribution in [3.63, 3.8) is 0 Å². The highest BCUT2D eigenvalue weighted by molar-refractivity contribution is 7.19. The molecule has 0 saturated heterocycles. The monoisotopic (exact) mass is 403 g/mol. The Hall–Kier alpha value is -3.65. The second-order valence-corrected chi connectivity index (χ2v) is 7.63. The summed E-state index contributed by atoms with van der Waals surface area (Å²) in [6.45, 7) is 1.93. The maximum Gasteiger partial charge on any atom is 0.267 e. The molecule has 0 spiro atoms. The van der Waals surface area contributed by atoms with Gasteiger partial charge in [-0.2, -0.15) is 5.10 Å². The van der Waals surface area contributed by atoms with Crippen molar-refractivity contribution in [1.82, 2.24) is 19.6 Å². The summed E-state index contributed by atoms with van der Waals surface area (Å²) >= 11 is 1.37. The van der Waals surface area contributed by atoms with Crippen molar-refractivity contribution in [3.05, 3.63) is 65.4 Å². The number of amides is 1. The Labute approximate surface area is 170 Å². The van der Waals surface area contributed by atoms with Crippen LogP contribution in [0.4, 0.5) is 5.69 Å². The predicted octanol–water partition coefficient (Wildman–Crippen LogP) is 4.51. The number of nitrogens with one attached hydrogen (secondary N) is 2. The second-order valence-electron chi connectivity index (χ2n) is 6.65. The first-order valence-corrected chi connectivity index (χ1v) is 9.81. The molecule has 5 rings (SSSR count). The van der Waals surface area contributed by atoms with Crippen LogP contribution in [0.2, 0.25) is 0 Å². The van der Waals surface area contributed by atoms with Gasteiger partial charge >= 0.3 is 0 Å². The molecule has 8 heteroatoms. The van der Waals surface area contributed by atoms with E-state index in [0.717, 1.165) is 44.3 Å². The van der Waals surface area contributed by atoms with Crippen LogP contribution < -0.4 is 10.1 Å². The molecule has 2 N–H and O–H groups in total. The second kappa shape index (κ2) is 6.75. The van der Waals surface area contributed by atoms with Gasteiger partial charge in [-0.1, -0.05) is 11.3 Å². The molecule has 3 aromatic heterocycles. The molecular weight excluding hydrogens is 386 g/mol. The van der Waals surface area contributed by atoms with Gasteiger partial charge in [0.15, 0.2) is 4.96 Å². The number of nitrogens with zero attached hydrogens (tertiary/aromatic N) is 3. The Morgan fingerprint density at radius 3 is 2.79 bits per heavy atom. The Morgan fingerprint density at radius 1 is 1.21 bits per heavy atom. The molecule has 0 aliphatic carbocycles. The molecule has 0 aliphatic rings. The van der Waals surface area contributed by atoms with Crippen molar-refractivity contribution in [2.24, 2.45) is 0 Å². The highest BCUT2D eigenvalue weighted by Crippen LogP contribution is 2.29. The molecule has 3 heterocycles. The highest BCUT2D eigenvalue weighted by Gasteiger charge is 2.18. The van der Waals surface area contributed by atoms with Gasteiger partial charge < -0.3 is 10.1 Å². The molecule has 1 amide bonds. The summed E-state index contributed by atoms with van der Waals surface area (Å²) in [5.74, 6) is 0.654. The fourth-order valence-corrected chi connectivity index (χ4v) is 4.27. The number of ether oxygens (including phenoxy) is 1. The molecule has 0 atom stereocenters. The molecular formula is C21H17N5O2S. The number of imidazole rings is 1. The number of aromatic nitrogens is 4. The zero-order valence-electron chi connectivity index (χ0n) is 15.8. The van der Waals surface area contributed by atoms with Gasteiger partial charge in [-0.05, 0) is 49.4 Å². The fraction of sp³-hybridized carbons (Fsp3) is 0.0952. The molecule has 5 aromatic rings. The van der Waals surface area contributed by atoms with Crippen molar-refractivity contribution >= 4 is 38.8 Å². The van der Waals surface area contributed by atoms with E-state index in [4.69, 9.17) is 9.72 Å². The van der Waals surface area contributed by atoms with E-state index in [2.05, 4.69) is 15.5 Å². The molecule has 0 bridgehead atoms. The fourth-order valence-electron chi connectivity index (χ4n) is 3.26. The Kier molecular flexibility index (Phi) is 4.06. The summed E-state index contributed by atoms with van der Waals surface area (Å²) in [7, 11) is 1.64. The van der Waals surface area contributed by atoms with E-state index in [1.54, 1.807) is 13.3 Å². The van der Waals surface area contributed by atoms with E-state index in [1.807, 2.05) is 60.0 Å². The lowest BCUT2D eigenvalue weighted by Crippen LogP contribution is -2.11. The lowest BCUT2D eigenvalue weighted by atomic mass is 10.2. The van der Waals surface area contributed by atoms with Crippen LogP contribution in [0.25, 0.3) is 27.1 Å². The van der Waals surface area contributed by atoms with Crippen LogP contribution in [0.15, 0.2) is 54.9 Å². The highest BCUT2D eigenvalue weighted by atomic mass is 32.1. The van der Waals surface area contributed by atoms with Crippen LogP contribution in [-0.2, 0) is 0 Å². The van der Waals surface area contributed by atoms with Gasteiger partial charge in [0.1, 0.15) is 10.6 Å². The minimum absolute atomic E-state index is 0.150. The molecule has 7 nitrogen and oxygen atoms in total. The Bertz CT molecular complexity index is 1350. The summed E-state index contributed by atoms with van der Waals surface area (Å²) in [6, 6.07) is 13.4. The molecule has 144 valence electrons. The quantitative estimate of drug-likeness (QED) is 0.462. The van der Waals surface area contributed by atoms with Crippen LogP contribution in [0.1, 0.15) is 15.4 Å². The lowest BCUT2D eigenvalue weighted by Gasteiger charge is -2.04. The average molecular weight is 403 g/mol. The van der Waals surface area contributed by atoms with Crippen LogP contribution in [-0.4, -0.2) is 32.6 Å². The average Bonchev–Trinajstić information content (AvgIpc) is 3.44. The maximum atomic E-state index is 12.8. The number of carbonyl (C=O) groups excluding carboxylic acids is 1. The summed E-state index contributed by atoms with van der Waals surface area (Å²) < 4.78 is 7.16. The summed E-state index contributed by atoms with van der Waals surface area (Å²) in [4.78, 5) is 18.9. The normalized spacial score (nSPS) is 11.2. The molecule has 0 aliphatic heterocycles. The number of benzene rings is 2. The first kappa shape index (κ1) is 17.4. The molecule has 0 radical (unpaired) electrons. The Balaban J connectivity index is 1.43. The number of anilines is 1. The number of hydrogen-bond acceptors (Lipinski definition) is 5. The number of fused-ring (bicyclic) bond motifs is 2. The van der Waals surface area contributed by atoms with Crippen LogP contribution >= 0.6 is 11.3 Å². The van der Waals surface area contributed by atoms with E-state index in [9.17, 15) is 4.79 Å². The largest absolute Gasteiger partial charge is 0.497 e. The molecule has 0 saturated carbocycles.